The molecule has 0 aromatic heterocycles. The van der Waals surface area contributed by atoms with Gasteiger partial charge in [-0.3, -0.25) is 4.90 Å². The van der Waals surface area contributed by atoms with Crippen molar-refractivity contribution < 1.29 is 34.3 Å². The van der Waals surface area contributed by atoms with E-state index < -0.39 is 11.7 Å². The molecule has 0 radical (unpaired) electrons. The molecule has 3 heterocycles. The lowest BCUT2D eigenvalue weighted by Gasteiger charge is -2.54. The summed E-state index contributed by atoms with van der Waals surface area (Å²) < 4.78 is 46.5. The summed E-state index contributed by atoms with van der Waals surface area (Å²) in [5.74, 6) is 1.16. The summed E-state index contributed by atoms with van der Waals surface area (Å²) in [5, 5.41) is 3.82. The van der Waals surface area contributed by atoms with Crippen LogP contribution in [0, 0.1) is 5.92 Å². The maximum Gasteiger partial charge on any atom is 0.416 e. The summed E-state index contributed by atoms with van der Waals surface area (Å²) in [6.45, 7) is 2.61. The molecule has 2 bridgehead atoms. The Bertz CT molecular complexity index is 1140. The molecule has 7 N–H and O–H groups in total. The molecule has 3 aromatic carbocycles. The Morgan fingerprint density at radius 1 is 0.868 bits per heavy atom. The minimum atomic E-state index is -4.37. The van der Waals surface area contributed by atoms with Crippen LogP contribution in [-0.2, 0) is 12.7 Å². The average molecular weight is 535 g/mol. The van der Waals surface area contributed by atoms with Gasteiger partial charge in [-0.15, -0.1) is 0 Å². The number of para-hydroxylation sites is 1. The summed E-state index contributed by atoms with van der Waals surface area (Å²) in [5.41, 5.74) is 2.26. The van der Waals surface area contributed by atoms with Crippen molar-refractivity contribution in [3.05, 3.63) is 101 Å². The first-order chi connectivity index (χ1) is 17.0. The third-order valence-corrected chi connectivity index (χ3v) is 7.67. The van der Waals surface area contributed by atoms with Crippen molar-refractivity contribution in [3.63, 3.8) is 0 Å². The number of methoxy groups -OCH3 is 1. The molecule has 6 nitrogen and oxygen atoms in total. The molecule has 6 rings (SSSR count). The van der Waals surface area contributed by atoms with Gasteiger partial charge in [0.15, 0.2) is 0 Å². The van der Waals surface area contributed by atoms with E-state index in [4.69, 9.17) is 4.74 Å². The number of benzene rings is 3. The zero-order valence-corrected chi connectivity index (χ0v) is 21.3. The van der Waals surface area contributed by atoms with E-state index in [0.717, 1.165) is 48.9 Å². The van der Waals surface area contributed by atoms with E-state index in [1.54, 1.807) is 13.2 Å². The lowest BCUT2D eigenvalue weighted by atomic mass is 9.70. The minimum absolute atomic E-state index is 0. The Morgan fingerprint density at radius 2 is 1.50 bits per heavy atom. The second kappa shape index (κ2) is 13.2. The first kappa shape index (κ1) is 31.3. The molecule has 3 saturated heterocycles. The van der Waals surface area contributed by atoms with Crippen LogP contribution < -0.4 is 10.1 Å². The fourth-order valence-corrected chi connectivity index (χ4v) is 6.02. The van der Waals surface area contributed by atoms with Gasteiger partial charge in [-0.1, -0.05) is 66.7 Å². The summed E-state index contributed by atoms with van der Waals surface area (Å²) in [6.07, 6.45) is -2.17. The van der Waals surface area contributed by atoms with Crippen molar-refractivity contribution in [1.29, 1.82) is 0 Å². The Balaban J connectivity index is 0.00000169. The van der Waals surface area contributed by atoms with Crippen molar-refractivity contribution in [2.45, 2.75) is 43.6 Å². The highest BCUT2D eigenvalue weighted by atomic mass is 19.4. The molecule has 0 amide bonds. The lowest BCUT2D eigenvalue weighted by molar-refractivity contribution is -0.137. The van der Waals surface area contributed by atoms with Crippen LogP contribution in [-0.4, -0.2) is 53.6 Å². The van der Waals surface area contributed by atoms with Crippen LogP contribution in [0.4, 0.5) is 13.2 Å². The van der Waals surface area contributed by atoms with Gasteiger partial charge in [-0.25, -0.2) is 0 Å². The third kappa shape index (κ3) is 6.36. The van der Waals surface area contributed by atoms with Gasteiger partial charge in [-0.05, 0) is 55.1 Å². The standard InChI is InChI=1S/C29H31F3N2O.3H2O/c1-35-25-13-6-5-10-23(25)19-33-27-21-14-16-34(17-15-21)28(27)26(20-8-3-2-4-9-20)22-11-7-12-24(18-22)29(30,31)32;;;/h2-13,18,21,26-28,33H,14-17,19H2,1H3;3*1H2/t26?,27-,28+;;;/m1.../s1. The van der Waals surface area contributed by atoms with Gasteiger partial charge in [0, 0.05) is 30.1 Å². The Morgan fingerprint density at radius 3 is 2.16 bits per heavy atom. The van der Waals surface area contributed by atoms with E-state index >= 15 is 0 Å². The van der Waals surface area contributed by atoms with Gasteiger partial charge in [0.2, 0.25) is 0 Å². The van der Waals surface area contributed by atoms with Crippen molar-refractivity contribution in [2.75, 3.05) is 20.2 Å². The van der Waals surface area contributed by atoms with Crippen LogP contribution >= 0.6 is 0 Å². The molecule has 3 aliphatic heterocycles. The lowest BCUT2D eigenvalue weighted by Crippen LogP contribution is -2.64. The van der Waals surface area contributed by atoms with Gasteiger partial charge < -0.3 is 26.5 Å². The summed E-state index contributed by atoms with van der Waals surface area (Å²) >= 11 is 0. The van der Waals surface area contributed by atoms with Crippen LogP contribution in [0.15, 0.2) is 78.9 Å². The zero-order valence-electron chi connectivity index (χ0n) is 21.3. The van der Waals surface area contributed by atoms with Crippen LogP contribution in [0.3, 0.4) is 0 Å². The van der Waals surface area contributed by atoms with Crippen molar-refractivity contribution in [2.24, 2.45) is 5.92 Å². The molecule has 3 atom stereocenters. The first-order valence-corrected chi connectivity index (χ1v) is 12.3. The smallest absolute Gasteiger partial charge is 0.416 e. The SMILES string of the molecule is COc1ccccc1CN[C@@H]1C2CCN(CC2)[C@H]1C(c1ccccc1)c1cccc(C(F)(F)F)c1.O.O.O. The van der Waals surface area contributed by atoms with Gasteiger partial charge in [-0.2, -0.15) is 13.2 Å². The van der Waals surface area contributed by atoms with E-state index in [-0.39, 0.29) is 34.4 Å². The van der Waals surface area contributed by atoms with Crippen LogP contribution in [0.5, 0.6) is 5.75 Å². The molecule has 1 unspecified atom stereocenters. The highest BCUT2D eigenvalue weighted by molar-refractivity contribution is 5.39. The van der Waals surface area contributed by atoms with Crippen LogP contribution in [0.1, 0.15) is 41.0 Å². The third-order valence-electron chi connectivity index (χ3n) is 7.67. The normalized spacial score (nSPS) is 22.8. The van der Waals surface area contributed by atoms with E-state index in [1.807, 2.05) is 54.6 Å². The van der Waals surface area contributed by atoms with E-state index in [9.17, 15) is 13.2 Å². The number of fused-ring (bicyclic) bond motifs is 3. The topological polar surface area (TPSA) is 119 Å². The Labute approximate surface area is 221 Å². The molecule has 3 fully saturated rings. The molecule has 0 aliphatic carbocycles. The maximum absolute atomic E-state index is 13.6. The number of nitrogens with zero attached hydrogens (tertiary/aromatic N) is 1. The van der Waals surface area contributed by atoms with Gasteiger partial charge in [0.05, 0.1) is 12.7 Å². The average Bonchev–Trinajstić information content (AvgIpc) is 2.89. The number of alkyl halides is 3. The second-order valence-electron chi connectivity index (χ2n) is 9.59. The van der Waals surface area contributed by atoms with Crippen LogP contribution in [0.25, 0.3) is 0 Å². The molecular formula is C29H37F3N2O4. The highest BCUT2D eigenvalue weighted by Gasteiger charge is 2.46. The zero-order chi connectivity index (χ0) is 24.4. The predicted octanol–water partition coefficient (Wildman–Crippen LogP) is 3.62. The molecule has 208 valence electrons. The molecule has 38 heavy (non-hydrogen) atoms. The molecule has 3 aliphatic rings. The summed E-state index contributed by atoms with van der Waals surface area (Å²) in [7, 11) is 1.68. The summed E-state index contributed by atoms with van der Waals surface area (Å²) in [4.78, 5) is 2.48. The highest BCUT2D eigenvalue weighted by Crippen LogP contribution is 2.43. The largest absolute Gasteiger partial charge is 0.496 e. The number of nitrogens with one attached hydrogen (secondary N) is 1. The number of piperidine rings is 3. The van der Waals surface area contributed by atoms with Gasteiger partial charge >= 0.3 is 6.18 Å². The van der Waals surface area contributed by atoms with Crippen molar-refractivity contribution >= 4 is 0 Å². The number of hydrogen-bond donors (Lipinski definition) is 1. The molecule has 0 saturated carbocycles. The predicted molar refractivity (Wildman–Crippen MR) is 142 cm³/mol. The monoisotopic (exact) mass is 534 g/mol. The van der Waals surface area contributed by atoms with Crippen LogP contribution in [0.2, 0.25) is 0 Å². The number of ether oxygens (including phenoxy) is 1. The second-order valence-corrected chi connectivity index (χ2v) is 9.59. The van der Waals surface area contributed by atoms with E-state index in [0.29, 0.717) is 18.0 Å². The Hall–Kier alpha value is -2.95. The fourth-order valence-electron chi connectivity index (χ4n) is 6.02. The quantitative estimate of drug-likeness (QED) is 0.499. The molecule has 9 heteroatoms. The number of halogens is 3. The number of hydrogen-bond acceptors (Lipinski definition) is 3. The van der Waals surface area contributed by atoms with Crippen molar-refractivity contribution in [3.8, 4) is 5.75 Å². The maximum atomic E-state index is 13.6. The first-order valence-electron chi connectivity index (χ1n) is 12.3. The van der Waals surface area contributed by atoms with Gasteiger partial charge in [0.1, 0.15) is 5.75 Å². The fraction of sp³-hybridized carbons (Fsp3) is 0.379. The van der Waals surface area contributed by atoms with Gasteiger partial charge in [0.25, 0.3) is 0 Å². The molecule has 3 aromatic rings. The molecule has 0 spiro atoms. The number of rotatable bonds is 7. The van der Waals surface area contributed by atoms with E-state index in [1.165, 1.54) is 6.07 Å². The van der Waals surface area contributed by atoms with Crippen molar-refractivity contribution in [1.82, 2.24) is 10.2 Å². The summed E-state index contributed by atoms with van der Waals surface area (Å²) in [6, 6.07) is 24.1. The van der Waals surface area contributed by atoms with E-state index in [2.05, 4.69) is 16.3 Å². The Kier molecular flexibility index (Phi) is 10.9. The minimum Gasteiger partial charge on any atom is -0.496 e. The molecular weight excluding hydrogens is 497 g/mol.